The average molecular weight is 347 g/mol. The number of thioether (sulfide) groups is 1. The lowest BCUT2D eigenvalue weighted by molar-refractivity contribution is -0.117. The molecule has 3 amide bonds. The van der Waals surface area contributed by atoms with Crippen molar-refractivity contribution in [2.24, 2.45) is 0 Å². The Morgan fingerprint density at radius 1 is 1.32 bits per heavy atom. The fourth-order valence-corrected chi connectivity index (χ4v) is 2.12. The molecular formula is C12H15BrN2O3S. The highest BCUT2D eigenvalue weighted by Gasteiger charge is 2.07. The van der Waals surface area contributed by atoms with Gasteiger partial charge in [0.25, 0.3) is 0 Å². The van der Waals surface area contributed by atoms with Crippen LogP contribution in [0.2, 0.25) is 0 Å². The van der Waals surface area contributed by atoms with E-state index in [4.69, 9.17) is 4.74 Å². The molecule has 19 heavy (non-hydrogen) atoms. The monoisotopic (exact) mass is 346 g/mol. The second-order valence-corrected chi connectivity index (χ2v) is 5.50. The highest BCUT2D eigenvalue weighted by molar-refractivity contribution is 9.10. The zero-order valence-corrected chi connectivity index (χ0v) is 12.8. The largest absolute Gasteiger partial charge is 0.383 e. The molecule has 0 atom stereocenters. The van der Waals surface area contributed by atoms with Gasteiger partial charge in [-0.2, -0.15) is 0 Å². The van der Waals surface area contributed by atoms with Crippen LogP contribution >= 0.6 is 27.7 Å². The van der Waals surface area contributed by atoms with Crippen LogP contribution in [0.4, 0.5) is 4.79 Å². The number of urea groups is 1. The molecule has 0 heterocycles. The minimum absolute atomic E-state index is 0.194. The second kappa shape index (κ2) is 8.95. The Morgan fingerprint density at radius 3 is 2.63 bits per heavy atom. The number of ether oxygens (including phenoxy) is 1. The molecule has 2 N–H and O–H groups in total. The van der Waals surface area contributed by atoms with Crippen LogP contribution in [0.15, 0.2) is 33.6 Å². The highest BCUT2D eigenvalue weighted by Crippen LogP contribution is 2.20. The minimum atomic E-state index is -0.501. The van der Waals surface area contributed by atoms with E-state index >= 15 is 0 Å². The Morgan fingerprint density at radius 2 is 2.00 bits per heavy atom. The number of benzene rings is 1. The van der Waals surface area contributed by atoms with Crippen LogP contribution in [0.1, 0.15) is 0 Å². The number of halogens is 1. The summed E-state index contributed by atoms with van der Waals surface area (Å²) in [5.74, 6) is -0.137. The Kier molecular flexibility index (Phi) is 7.54. The Labute approximate surface area is 124 Å². The van der Waals surface area contributed by atoms with E-state index in [2.05, 4.69) is 26.6 Å². The van der Waals surface area contributed by atoms with Crippen LogP contribution in [-0.4, -0.2) is 38.0 Å². The Bertz CT molecular complexity index is 425. The maximum Gasteiger partial charge on any atom is 0.321 e. The lowest BCUT2D eigenvalue weighted by Crippen LogP contribution is -2.41. The quantitative estimate of drug-likeness (QED) is 0.610. The number of carbonyl (C=O) groups excluding carboxylic acids is 2. The molecular weight excluding hydrogens is 332 g/mol. The van der Waals surface area contributed by atoms with E-state index in [1.54, 1.807) is 7.11 Å². The van der Waals surface area contributed by atoms with Crippen LogP contribution in [-0.2, 0) is 9.53 Å². The number of rotatable bonds is 6. The number of nitrogens with one attached hydrogen (secondary N) is 2. The number of carbonyl (C=O) groups is 2. The standard InChI is InChI=1S/C12H15BrN2O3S/c1-18-7-6-14-12(17)15-11(16)8-19-10-4-2-9(13)3-5-10/h2-5H,6-8H2,1H3,(H2,14,15,16,17). The molecule has 0 bridgehead atoms. The van der Waals surface area contributed by atoms with Crippen LogP contribution in [0.5, 0.6) is 0 Å². The summed E-state index contributed by atoms with van der Waals surface area (Å²) in [6.45, 7) is 0.782. The van der Waals surface area contributed by atoms with Crippen LogP contribution in [0.3, 0.4) is 0 Å². The molecule has 0 aromatic heterocycles. The number of hydrogen-bond acceptors (Lipinski definition) is 4. The predicted octanol–water partition coefficient (Wildman–Crippen LogP) is 2.01. The first-order valence-electron chi connectivity index (χ1n) is 5.57. The van der Waals surface area contributed by atoms with Crippen molar-refractivity contribution in [3.8, 4) is 0 Å². The van der Waals surface area contributed by atoms with Crippen molar-refractivity contribution in [1.82, 2.24) is 10.6 Å². The number of methoxy groups -OCH3 is 1. The zero-order chi connectivity index (χ0) is 14.1. The molecule has 0 aliphatic rings. The molecule has 0 fully saturated rings. The van der Waals surface area contributed by atoms with E-state index in [9.17, 15) is 9.59 Å². The van der Waals surface area contributed by atoms with Crippen molar-refractivity contribution < 1.29 is 14.3 Å². The molecule has 1 aromatic rings. The van der Waals surface area contributed by atoms with Gasteiger partial charge < -0.3 is 10.1 Å². The third-order valence-corrected chi connectivity index (χ3v) is 3.57. The zero-order valence-electron chi connectivity index (χ0n) is 10.4. The first-order valence-corrected chi connectivity index (χ1v) is 7.34. The third kappa shape index (κ3) is 7.19. The van der Waals surface area contributed by atoms with E-state index in [-0.39, 0.29) is 11.7 Å². The van der Waals surface area contributed by atoms with Gasteiger partial charge in [0.15, 0.2) is 0 Å². The van der Waals surface area contributed by atoms with Crippen LogP contribution in [0.25, 0.3) is 0 Å². The maximum atomic E-state index is 11.5. The highest BCUT2D eigenvalue weighted by atomic mass is 79.9. The van der Waals surface area contributed by atoms with Gasteiger partial charge in [-0.1, -0.05) is 15.9 Å². The van der Waals surface area contributed by atoms with E-state index in [0.717, 1.165) is 9.37 Å². The maximum absolute atomic E-state index is 11.5. The normalized spacial score (nSPS) is 10.0. The Hall–Kier alpha value is -1.05. The lowest BCUT2D eigenvalue weighted by atomic mass is 10.4. The van der Waals surface area contributed by atoms with Gasteiger partial charge in [-0.15, -0.1) is 11.8 Å². The fraction of sp³-hybridized carbons (Fsp3) is 0.333. The van der Waals surface area contributed by atoms with Crippen LogP contribution < -0.4 is 10.6 Å². The summed E-state index contributed by atoms with van der Waals surface area (Å²) in [5.41, 5.74) is 0. The third-order valence-electron chi connectivity index (χ3n) is 2.03. The molecule has 7 heteroatoms. The first-order chi connectivity index (χ1) is 9.11. The molecule has 0 saturated heterocycles. The van der Waals surface area contributed by atoms with E-state index in [1.165, 1.54) is 11.8 Å². The van der Waals surface area contributed by atoms with E-state index in [0.29, 0.717) is 13.2 Å². The summed E-state index contributed by atoms with van der Waals surface area (Å²) in [6, 6.07) is 7.11. The number of imide groups is 1. The van der Waals surface area contributed by atoms with E-state index < -0.39 is 6.03 Å². The summed E-state index contributed by atoms with van der Waals surface area (Å²) >= 11 is 4.71. The van der Waals surface area contributed by atoms with Gasteiger partial charge in [-0.05, 0) is 24.3 Å². The summed E-state index contributed by atoms with van der Waals surface area (Å²) in [6.07, 6.45) is 0. The van der Waals surface area contributed by atoms with Gasteiger partial charge in [-0.25, -0.2) is 4.79 Å². The smallest absolute Gasteiger partial charge is 0.321 e. The molecule has 0 radical (unpaired) electrons. The van der Waals surface area contributed by atoms with Crippen molar-refractivity contribution in [2.45, 2.75) is 4.90 Å². The summed E-state index contributed by atoms with van der Waals surface area (Å²) < 4.78 is 5.76. The van der Waals surface area contributed by atoms with Gasteiger partial charge in [0.2, 0.25) is 5.91 Å². The SMILES string of the molecule is COCCNC(=O)NC(=O)CSc1ccc(Br)cc1. The van der Waals surface area contributed by atoms with Crippen molar-refractivity contribution >= 4 is 39.6 Å². The molecule has 0 saturated carbocycles. The first kappa shape index (κ1) is 16.0. The van der Waals surface area contributed by atoms with Gasteiger partial charge in [0.05, 0.1) is 12.4 Å². The summed E-state index contributed by atoms with van der Waals surface area (Å²) in [7, 11) is 1.54. The predicted molar refractivity (Wildman–Crippen MR) is 78.3 cm³/mol. The van der Waals surface area contributed by atoms with Crippen LogP contribution in [0, 0.1) is 0 Å². The lowest BCUT2D eigenvalue weighted by Gasteiger charge is -2.06. The fourth-order valence-electron chi connectivity index (χ4n) is 1.15. The molecule has 1 rings (SSSR count). The number of amides is 3. The minimum Gasteiger partial charge on any atom is -0.383 e. The molecule has 0 aliphatic heterocycles. The molecule has 5 nitrogen and oxygen atoms in total. The summed E-state index contributed by atoms with van der Waals surface area (Å²) in [4.78, 5) is 23.7. The van der Waals surface area contributed by atoms with Gasteiger partial charge >= 0.3 is 6.03 Å². The molecule has 0 aliphatic carbocycles. The van der Waals surface area contributed by atoms with Crippen molar-refractivity contribution in [1.29, 1.82) is 0 Å². The number of hydrogen-bond donors (Lipinski definition) is 2. The van der Waals surface area contributed by atoms with E-state index in [1.807, 2.05) is 24.3 Å². The average Bonchev–Trinajstić information content (AvgIpc) is 2.38. The van der Waals surface area contributed by atoms with Crippen molar-refractivity contribution in [3.63, 3.8) is 0 Å². The summed E-state index contributed by atoms with van der Waals surface area (Å²) in [5, 5.41) is 4.75. The molecule has 1 aromatic carbocycles. The molecule has 0 spiro atoms. The van der Waals surface area contributed by atoms with Gasteiger partial charge in [-0.3, -0.25) is 10.1 Å². The molecule has 104 valence electrons. The van der Waals surface area contributed by atoms with Crippen molar-refractivity contribution in [3.05, 3.63) is 28.7 Å². The van der Waals surface area contributed by atoms with Gasteiger partial charge in [0, 0.05) is 23.0 Å². The van der Waals surface area contributed by atoms with Crippen molar-refractivity contribution in [2.75, 3.05) is 26.0 Å². The Balaban J connectivity index is 2.24. The van der Waals surface area contributed by atoms with Gasteiger partial charge in [0.1, 0.15) is 0 Å². The topological polar surface area (TPSA) is 67.4 Å². The second-order valence-electron chi connectivity index (χ2n) is 3.54. The molecule has 0 unspecified atom stereocenters.